The van der Waals surface area contributed by atoms with Crippen LogP contribution in [0.4, 0.5) is 0 Å². The van der Waals surface area contributed by atoms with Gasteiger partial charge in [0.1, 0.15) is 0 Å². The fraction of sp³-hybridized carbons (Fsp3) is 0.667. The van der Waals surface area contributed by atoms with Crippen molar-refractivity contribution in [3.8, 4) is 0 Å². The van der Waals surface area contributed by atoms with E-state index < -0.39 is 0 Å². The third-order valence-electron chi connectivity index (χ3n) is 4.42. The molecule has 1 aliphatic heterocycles. The highest BCUT2D eigenvalue weighted by Gasteiger charge is 2.46. The molecule has 3 nitrogen and oxygen atoms in total. The Morgan fingerprint density at radius 2 is 1.73 bits per heavy atom. The Morgan fingerprint density at radius 3 is 2.20 bits per heavy atom. The molecule has 2 bridgehead atoms. The molecule has 0 aromatic carbocycles. The molecule has 3 heteroatoms. The molecule has 0 spiro atoms. The molecule has 0 aromatic rings. The lowest BCUT2D eigenvalue weighted by atomic mass is 9.57. The lowest BCUT2D eigenvalue weighted by Crippen LogP contribution is -2.38. The Morgan fingerprint density at radius 1 is 1.13 bits per heavy atom. The molecule has 2 amide bonds. The summed E-state index contributed by atoms with van der Waals surface area (Å²) in [5.41, 5.74) is 0.816. The molecule has 3 saturated carbocycles. The minimum atomic E-state index is -0.225. The van der Waals surface area contributed by atoms with Crippen LogP contribution in [0.15, 0.2) is 11.6 Å². The molecule has 0 aromatic heterocycles. The van der Waals surface area contributed by atoms with Crippen molar-refractivity contribution in [2.75, 3.05) is 0 Å². The largest absolute Gasteiger partial charge is 0.289 e. The predicted molar refractivity (Wildman–Crippen MR) is 54.9 cm³/mol. The standard InChI is InChI=1S/C12H15NO2/c14-10-7-9(11(15)13-10)12-4-1-8(2-5-12)3-6-12/h7-8H,1-6H2,(H,13,14,15). The fourth-order valence-corrected chi connectivity index (χ4v) is 3.46. The van der Waals surface area contributed by atoms with Crippen molar-refractivity contribution in [1.29, 1.82) is 0 Å². The van der Waals surface area contributed by atoms with Crippen molar-refractivity contribution in [2.24, 2.45) is 11.3 Å². The first-order chi connectivity index (χ1) is 7.20. The first kappa shape index (κ1) is 9.13. The van der Waals surface area contributed by atoms with Gasteiger partial charge in [0, 0.05) is 17.1 Å². The number of hydrogen-bond donors (Lipinski definition) is 1. The highest BCUT2D eigenvalue weighted by Crippen LogP contribution is 2.54. The molecule has 0 radical (unpaired) electrons. The van der Waals surface area contributed by atoms with Gasteiger partial charge in [-0.1, -0.05) is 0 Å². The van der Waals surface area contributed by atoms with Crippen LogP contribution in [0.3, 0.4) is 0 Å². The number of imide groups is 1. The van der Waals surface area contributed by atoms with E-state index in [0.29, 0.717) is 0 Å². The second-order valence-corrected chi connectivity index (χ2v) is 5.14. The summed E-state index contributed by atoms with van der Waals surface area (Å²) >= 11 is 0. The molecule has 1 heterocycles. The zero-order chi connectivity index (χ0) is 10.5. The van der Waals surface area contributed by atoms with Crippen LogP contribution in [0.25, 0.3) is 0 Å². The Bertz CT molecular complexity index is 348. The van der Waals surface area contributed by atoms with Gasteiger partial charge in [0.2, 0.25) is 0 Å². The summed E-state index contributed by atoms with van der Waals surface area (Å²) in [5, 5.41) is 2.37. The van der Waals surface area contributed by atoms with Gasteiger partial charge in [0.15, 0.2) is 0 Å². The number of nitrogens with one attached hydrogen (secondary N) is 1. The molecule has 0 unspecified atom stereocenters. The first-order valence-corrected chi connectivity index (χ1v) is 5.77. The molecule has 4 rings (SSSR count). The zero-order valence-corrected chi connectivity index (χ0v) is 8.71. The van der Waals surface area contributed by atoms with Gasteiger partial charge in [-0.25, -0.2) is 0 Å². The lowest BCUT2D eigenvalue weighted by Gasteiger charge is -2.46. The number of carbonyl (C=O) groups is 2. The summed E-state index contributed by atoms with van der Waals surface area (Å²) in [6, 6.07) is 0. The average Bonchev–Trinajstić information content (AvgIpc) is 2.61. The van der Waals surface area contributed by atoms with Crippen LogP contribution in [0.1, 0.15) is 38.5 Å². The maximum atomic E-state index is 11.7. The fourth-order valence-electron chi connectivity index (χ4n) is 3.46. The van der Waals surface area contributed by atoms with Crippen LogP contribution in [-0.2, 0) is 9.59 Å². The Labute approximate surface area is 88.9 Å². The smallest absolute Gasteiger partial charge is 0.254 e. The molecule has 0 atom stereocenters. The van der Waals surface area contributed by atoms with Crippen LogP contribution >= 0.6 is 0 Å². The van der Waals surface area contributed by atoms with Crippen molar-refractivity contribution < 1.29 is 9.59 Å². The second kappa shape index (κ2) is 2.94. The van der Waals surface area contributed by atoms with E-state index >= 15 is 0 Å². The van der Waals surface area contributed by atoms with Gasteiger partial charge >= 0.3 is 0 Å². The summed E-state index contributed by atoms with van der Waals surface area (Å²) < 4.78 is 0. The number of rotatable bonds is 1. The van der Waals surface area contributed by atoms with E-state index in [1.807, 2.05) is 0 Å². The van der Waals surface area contributed by atoms with Crippen LogP contribution < -0.4 is 5.32 Å². The van der Waals surface area contributed by atoms with E-state index in [2.05, 4.69) is 5.32 Å². The van der Waals surface area contributed by atoms with Gasteiger partial charge in [-0.2, -0.15) is 0 Å². The van der Waals surface area contributed by atoms with Gasteiger partial charge < -0.3 is 0 Å². The molecular weight excluding hydrogens is 190 g/mol. The van der Waals surface area contributed by atoms with Crippen molar-refractivity contribution in [3.63, 3.8) is 0 Å². The van der Waals surface area contributed by atoms with Crippen molar-refractivity contribution in [3.05, 3.63) is 11.6 Å². The molecule has 1 N–H and O–H groups in total. The number of hydrogen-bond acceptors (Lipinski definition) is 2. The van der Waals surface area contributed by atoms with E-state index in [1.165, 1.54) is 25.3 Å². The third-order valence-corrected chi connectivity index (χ3v) is 4.42. The number of amides is 2. The van der Waals surface area contributed by atoms with E-state index in [1.54, 1.807) is 0 Å². The minimum Gasteiger partial charge on any atom is -0.289 e. The molecule has 0 saturated heterocycles. The average molecular weight is 205 g/mol. The van der Waals surface area contributed by atoms with Crippen LogP contribution in [0.5, 0.6) is 0 Å². The number of fused-ring (bicyclic) bond motifs is 3. The first-order valence-electron chi connectivity index (χ1n) is 5.77. The Hall–Kier alpha value is -1.12. The van der Waals surface area contributed by atoms with E-state index in [9.17, 15) is 9.59 Å². The van der Waals surface area contributed by atoms with E-state index in [4.69, 9.17) is 0 Å². The quantitative estimate of drug-likeness (QED) is 0.660. The molecule has 3 fully saturated rings. The van der Waals surface area contributed by atoms with Gasteiger partial charge in [-0.3, -0.25) is 14.9 Å². The van der Waals surface area contributed by atoms with Gasteiger partial charge in [0.05, 0.1) is 0 Å². The third kappa shape index (κ3) is 1.25. The zero-order valence-electron chi connectivity index (χ0n) is 8.71. The molecular formula is C12H15NO2. The van der Waals surface area contributed by atoms with Crippen molar-refractivity contribution >= 4 is 11.8 Å². The maximum absolute atomic E-state index is 11.7. The molecule has 4 aliphatic rings. The van der Waals surface area contributed by atoms with E-state index in [-0.39, 0.29) is 17.2 Å². The van der Waals surface area contributed by atoms with Gasteiger partial charge in [-0.15, -0.1) is 0 Å². The number of carbonyl (C=O) groups excluding carboxylic acids is 2. The van der Waals surface area contributed by atoms with Gasteiger partial charge in [0.25, 0.3) is 11.8 Å². The Balaban J connectivity index is 1.95. The summed E-state index contributed by atoms with van der Waals surface area (Å²) in [7, 11) is 0. The van der Waals surface area contributed by atoms with Crippen LogP contribution in [0.2, 0.25) is 0 Å². The SMILES string of the molecule is O=C1C=C(C23CCC(CC2)CC3)C(=O)N1. The highest BCUT2D eigenvalue weighted by atomic mass is 16.2. The lowest BCUT2D eigenvalue weighted by molar-refractivity contribution is -0.124. The highest BCUT2D eigenvalue weighted by molar-refractivity contribution is 6.16. The predicted octanol–water partition coefficient (Wildman–Crippen LogP) is 1.54. The minimum absolute atomic E-state index is 0.0466. The molecule has 80 valence electrons. The van der Waals surface area contributed by atoms with Crippen LogP contribution in [0, 0.1) is 11.3 Å². The topological polar surface area (TPSA) is 46.2 Å². The van der Waals surface area contributed by atoms with E-state index in [0.717, 1.165) is 30.8 Å². The summed E-state index contributed by atoms with van der Waals surface area (Å²) in [6.45, 7) is 0. The summed E-state index contributed by atoms with van der Waals surface area (Å²) in [6.07, 6.45) is 8.54. The molecule has 15 heavy (non-hydrogen) atoms. The Kier molecular flexibility index (Phi) is 1.79. The van der Waals surface area contributed by atoms with Crippen molar-refractivity contribution in [2.45, 2.75) is 38.5 Å². The van der Waals surface area contributed by atoms with Crippen molar-refractivity contribution in [1.82, 2.24) is 5.32 Å². The normalized spacial score (nSPS) is 39.2. The van der Waals surface area contributed by atoms with Crippen LogP contribution in [-0.4, -0.2) is 11.8 Å². The second-order valence-electron chi connectivity index (χ2n) is 5.14. The summed E-state index contributed by atoms with van der Waals surface area (Å²) in [4.78, 5) is 22.8. The van der Waals surface area contributed by atoms with Gasteiger partial charge in [-0.05, 0) is 44.4 Å². The summed E-state index contributed by atoms with van der Waals surface area (Å²) in [5.74, 6) is 0.519. The maximum Gasteiger partial charge on any atom is 0.254 e. The monoisotopic (exact) mass is 205 g/mol. The molecule has 3 aliphatic carbocycles.